The maximum absolute atomic E-state index is 6.03. The monoisotopic (exact) mass is 299 g/mol. The van der Waals surface area contributed by atoms with Crippen LogP contribution < -0.4 is 16.4 Å². The zero-order chi connectivity index (χ0) is 11.6. The maximum Gasteiger partial charge on any atom is 0.183 e. The molecule has 4 N–H and O–H groups in total. The number of imidazole rings is 1. The van der Waals surface area contributed by atoms with Gasteiger partial charge in [0, 0.05) is 23.1 Å². The molecule has 0 aromatic carbocycles. The summed E-state index contributed by atoms with van der Waals surface area (Å²) in [5, 5.41) is 6.45. The van der Waals surface area contributed by atoms with Crippen molar-refractivity contribution in [1.29, 1.82) is 0 Å². The summed E-state index contributed by atoms with van der Waals surface area (Å²) < 4.78 is 2.59. The van der Waals surface area contributed by atoms with E-state index in [0.717, 1.165) is 4.48 Å². The molecule has 1 aliphatic heterocycles. The van der Waals surface area contributed by atoms with Gasteiger partial charge < -0.3 is 10.6 Å². The van der Waals surface area contributed by atoms with Crippen LogP contribution in [-0.2, 0) is 0 Å². The lowest BCUT2D eigenvalue weighted by Crippen LogP contribution is -2.63. The molecule has 7 heteroatoms. The number of rotatable bonds is 1. The summed E-state index contributed by atoms with van der Waals surface area (Å²) in [7, 11) is 0. The van der Waals surface area contributed by atoms with Gasteiger partial charge in [0.25, 0.3) is 0 Å². The van der Waals surface area contributed by atoms with Crippen molar-refractivity contribution < 1.29 is 0 Å². The van der Waals surface area contributed by atoms with Gasteiger partial charge in [0.15, 0.2) is 10.9 Å². The maximum atomic E-state index is 6.03. The zero-order valence-electron chi connectivity index (χ0n) is 8.22. The molecule has 0 aliphatic carbocycles. The van der Waals surface area contributed by atoms with Gasteiger partial charge in [-0.25, -0.2) is 4.98 Å². The zero-order valence-corrected chi connectivity index (χ0v) is 10.6. The quantitative estimate of drug-likeness (QED) is 0.524. The number of hydrogen-bond acceptors (Lipinski definition) is 4. The number of nitrogens with zero attached hydrogens (tertiary/aromatic N) is 2. The molecule has 2 heterocycles. The second-order valence-electron chi connectivity index (χ2n) is 3.28. The first-order chi connectivity index (χ1) is 7.59. The van der Waals surface area contributed by atoms with Crippen molar-refractivity contribution in [2.45, 2.75) is 5.79 Å². The Labute approximate surface area is 107 Å². The highest BCUT2D eigenvalue weighted by atomic mass is 79.9. The van der Waals surface area contributed by atoms with E-state index in [1.54, 1.807) is 35.6 Å². The topological polar surface area (TPSA) is 67.9 Å². The van der Waals surface area contributed by atoms with Crippen LogP contribution >= 0.6 is 28.1 Å². The first kappa shape index (κ1) is 11.3. The van der Waals surface area contributed by atoms with Crippen LogP contribution in [0.15, 0.2) is 41.6 Å². The molecule has 0 fully saturated rings. The molecule has 0 spiro atoms. The molecular formula is C9H10BrN5S. The second-order valence-corrected chi connectivity index (χ2v) is 4.58. The van der Waals surface area contributed by atoms with Gasteiger partial charge in [-0.1, -0.05) is 0 Å². The minimum Gasteiger partial charge on any atom is -0.352 e. The van der Waals surface area contributed by atoms with Crippen molar-refractivity contribution >= 4 is 33.3 Å². The third kappa shape index (κ3) is 2.49. The van der Waals surface area contributed by atoms with Crippen molar-refractivity contribution in [3.8, 4) is 0 Å². The van der Waals surface area contributed by atoms with Crippen molar-refractivity contribution in [1.82, 2.24) is 20.2 Å². The van der Waals surface area contributed by atoms with Crippen LogP contribution in [0.25, 0.3) is 0 Å². The third-order valence-electron chi connectivity index (χ3n) is 2.01. The fourth-order valence-electron chi connectivity index (χ4n) is 1.19. The number of aromatic nitrogens is 2. The van der Waals surface area contributed by atoms with Gasteiger partial charge in [-0.05, 0) is 40.3 Å². The fourth-order valence-corrected chi connectivity index (χ4v) is 1.72. The third-order valence-corrected chi connectivity index (χ3v) is 2.81. The summed E-state index contributed by atoms with van der Waals surface area (Å²) >= 11 is 8.51. The highest BCUT2D eigenvalue weighted by molar-refractivity contribution is 9.11. The predicted octanol–water partition coefficient (Wildman–Crippen LogP) is 0.614. The van der Waals surface area contributed by atoms with E-state index in [4.69, 9.17) is 18.0 Å². The Morgan fingerprint density at radius 3 is 3.06 bits per heavy atom. The largest absolute Gasteiger partial charge is 0.352 e. The average molecular weight is 300 g/mol. The van der Waals surface area contributed by atoms with E-state index in [2.05, 4.69) is 31.5 Å². The van der Waals surface area contributed by atoms with Crippen LogP contribution in [0, 0.1) is 0 Å². The predicted molar refractivity (Wildman–Crippen MR) is 69.6 cm³/mol. The molecule has 1 aromatic rings. The van der Waals surface area contributed by atoms with Crippen LogP contribution in [0.3, 0.4) is 0 Å². The van der Waals surface area contributed by atoms with Gasteiger partial charge in [0.05, 0.1) is 0 Å². The Kier molecular flexibility index (Phi) is 3.08. The van der Waals surface area contributed by atoms with E-state index in [9.17, 15) is 0 Å². The van der Waals surface area contributed by atoms with Crippen LogP contribution in [0.5, 0.6) is 0 Å². The smallest absolute Gasteiger partial charge is 0.183 e. The summed E-state index contributed by atoms with van der Waals surface area (Å²) in [4.78, 5) is 3.91. The molecule has 0 saturated carbocycles. The molecule has 0 bridgehead atoms. The fraction of sp³-hybridized carbons (Fsp3) is 0.111. The molecule has 0 saturated heterocycles. The van der Waals surface area contributed by atoms with Crippen molar-refractivity contribution in [2.24, 2.45) is 5.73 Å². The molecule has 1 aromatic heterocycles. The van der Waals surface area contributed by atoms with E-state index in [-0.39, 0.29) is 0 Å². The van der Waals surface area contributed by atoms with E-state index >= 15 is 0 Å². The molecule has 1 unspecified atom stereocenters. The Bertz CT molecular complexity index is 452. The first-order valence-corrected chi connectivity index (χ1v) is 5.71. The van der Waals surface area contributed by atoms with Crippen molar-refractivity contribution in [3.63, 3.8) is 0 Å². The lowest BCUT2D eigenvalue weighted by Gasteiger charge is -2.31. The number of dihydropyridines is 1. The average Bonchev–Trinajstić information content (AvgIpc) is 2.76. The first-order valence-electron chi connectivity index (χ1n) is 4.51. The molecule has 1 aliphatic rings. The number of thiocarbonyl (C=S) groups is 1. The Morgan fingerprint density at radius 1 is 1.69 bits per heavy atom. The molecule has 5 nitrogen and oxygen atoms in total. The molecule has 84 valence electrons. The number of hydrogen-bond donors (Lipinski definition) is 3. The van der Waals surface area contributed by atoms with E-state index in [0.29, 0.717) is 5.11 Å². The lowest BCUT2D eigenvalue weighted by atomic mass is 10.2. The van der Waals surface area contributed by atoms with Gasteiger partial charge in [-0.15, -0.1) is 0 Å². The highest BCUT2D eigenvalue weighted by Gasteiger charge is 2.23. The van der Waals surface area contributed by atoms with Gasteiger partial charge in [0.1, 0.15) is 6.33 Å². The normalized spacial score (nSPS) is 23.5. The number of nitrogens with two attached hydrogens (primary N) is 1. The SMILES string of the molecule is NC1(NC(=S)n2ccnc2)C=CC(Br)=CN1. The standard InChI is InChI=1S/C9H10BrN5S/c10-7-1-2-9(11,13-5-7)14-8(16)15-4-3-12-6-15/h1-6,13H,11H2,(H,14,16). The number of allylic oxidation sites excluding steroid dienone is 2. The summed E-state index contributed by atoms with van der Waals surface area (Å²) in [6.07, 6.45) is 10.4. The van der Waals surface area contributed by atoms with Crippen LogP contribution in [0.4, 0.5) is 0 Å². The highest BCUT2D eigenvalue weighted by Crippen LogP contribution is 2.12. The van der Waals surface area contributed by atoms with Gasteiger partial charge >= 0.3 is 0 Å². The Morgan fingerprint density at radius 2 is 2.50 bits per heavy atom. The van der Waals surface area contributed by atoms with Crippen LogP contribution in [0.1, 0.15) is 0 Å². The van der Waals surface area contributed by atoms with Crippen molar-refractivity contribution in [3.05, 3.63) is 41.6 Å². The van der Waals surface area contributed by atoms with Crippen molar-refractivity contribution in [2.75, 3.05) is 0 Å². The van der Waals surface area contributed by atoms with Gasteiger partial charge in [-0.3, -0.25) is 10.3 Å². The molecule has 2 rings (SSSR count). The summed E-state index contributed by atoms with van der Waals surface area (Å²) in [5.41, 5.74) is 6.03. The van der Waals surface area contributed by atoms with E-state index in [1.807, 2.05) is 6.08 Å². The van der Waals surface area contributed by atoms with E-state index < -0.39 is 5.79 Å². The Balaban J connectivity index is 2.06. The molecular weight excluding hydrogens is 290 g/mol. The minimum atomic E-state index is -0.876. The Hall–Kier alpha value is -1.18. The van der Waals surface area contributed by atoms with Crippen LogP contribution in [0.2, 0.25) is 0 Å². The number of halogens is 1. The second kappa shape index (κ2) is 4.36. The molecule has 0 radical (unpaired) electrons. The lowest BCUT2D eigenvalue weighted by molar-refractivity contribution is 0.434. The minimum absolute atomic E-state index is 0.476. The summed E-state index contributed by atoms with van der Waals surface area (Å²) in [6.45, 7) is 0. The molecule has 1 atom stereocenters. The molecule has 16 heavy (non-hydrogen) atoms. The number of nitrogens with one attached hydrogen (secondary N) is 2. The summed E-state index contributed by atoms with van der Waals surface area (Å²) in [5.74, 6) is -0.876. The van der Waals surface area contributed by atoms with Gasteiger partial charge in [0.2, 0.25) is 0 Å². The van der Waals surface area contributed by atoms with E-state index in [1.165, 1.54) is 0 Å². The molecule has 0 amide bonds. The van der Waals surface area contributed by atoms with Gasteiger partial charge in [-0.2, -0.15) is 0 Å². The summed E-state index contributed by atoms with van der Waals surface area (Å²) in [6, 6.07) is 0. The van der Waals surface area contributed by atoms with Crippen LogP contribution in [-0.4, -0.2) is 20.5 Å².